The number of carbonyl (C=O) groups is 1. The van der Waals surface area contributed by atoms with E-state index < -0.39 is 33.0 Å². The number of nitrogens with zero attached hydrogens (tertiary/aromatic N) is 14. The standard InChI is InChI=1S/C32H44ClN8O3P.C30H42N7O2P.C27H36ClN6O2P/c1-22(2)35-32(42)41-18-16-40(17-19-41)23-12-14-39(15-13-23)24-10-11-26(28(20-24)44-3)37-31-34-21-25(33)30(38-31)36-27-8-6-7-9-29(27)45(4,5)43;1-22-21-31-30(34-29(22)32-26-8-6-7-9-28(26)40(4,5)38)33-25-11-10-24(20-27(25)39-3)36-14-12-23(13-15-36)37-18-16-35(2)17-19-37;1-36-24-16-20(34-14-12-33(13-15-34)18-19-8-9-19)10-11-22(24)31-27-29-17-21(28)26(32-27)30-23-6-4-5-7-25(23)37(2,3)35/h6-11,20-23H,12-19H2,1-5H3,(H,35,42)(H2,34,36,37,38);6-11,20-21,23H,12-19H2,1-5H3,(H2,31,32,33,34);4-7,10-11,16-17,19,21,26,30H,8-9,12-15,18H2,1-3H3,(H,31,32). The molecule has 654 valence electrons. The van der Waals surface area contributed by atoms with Crippen molar-refractivity contribution in [2.75, 3.05) is 226 Å². The number of rotatable bonds is 25. The van der Waals surface area contributed by atoms with Gasteiger partial charge in [-0.2, -0.15) is 9.97 Å². The smallest absolute Gasteiger partial charge is 0.317 e. The number of halogens is 2. The second kappa shape index (κ2) is 41.1. The maximum atomic E-state index is 12.8. The fourth-order valence-corrected chi connectivity index (χ4v) is 20.1. The molecule has 1 saturated carbocycles. The van der Waals surface area contributed by atoms with Gasteiger partial charge in [-0.3, -0.25) is 14.7 Å². The monoisotopic (exact) mass is 1760 g/mol. The number of benzene rings is 6. The molecule has 6 aliphatic heterocycles. The van der Waals surface area contributed by atoms with E-state index in [-0.39, 0.29) is 12.1 Å². The summed E-state index contributed by atoms with van der Waals surface area (Å²) in [6, 6.07) is 42.7. The van der Waals surface area contributed by atoms with Crippen molar-refractivity contribution in [2.45, 2.75) is 89.0 Å². The van der Waals surface area contributed by atoms with Crippen LogP contribution in [0.5, 0.6) is 17.2 Å². The SMILES string of the molecule is COc1cc(N2CCC(N3CCN(C(=O)NC(C)C)CC3)CC2)ccc1Nc1ncc(Cl)c(Nc2ccccc2P(C)(C)=O)n1.COc1cc(N2CCC(N3CCN(C)CC3)CC2)ccc1Nc1ncc(C)c(Nc2ccccc2P(C)(C)=O)n1.COc1cc(N2CCN(CC3CC3)CC2)ccc1NC1=NC(Nc2ccccc2P(C)(C)=O)C(Cl)C=N1. The summed E-state index contributed by atoms with van der Waals surface area (Å²) in [6.45, 7) is 34.0. The third-order valence-corrected chi connectivity index (χ3v) is 28.6. The van der Waals surface area contributed by atoms with Gasteiger partial charge in [-0.25, -0.2) is 24.7 Å². The quantitative estimate of drug-likeness (QED) is 0.0207. The van der Waals surface area contributed by atoms with E-state index in [1.54, 1.807) is 73.7 Å². The molecule has 0 radical (unpaired) electrons. The van der Waals surface area contributed by atoms with Crippen molar-refractivity contribution in [2.24, 2.45) is 15.9 Å². The molecular weight excluding hydrogens is 1640 g/mol. The number of anilines is 13. The Bertz CT molecular complexity index is 5110. The third-order valence-electron chi connectivity index (χ3n) is 23.4. The largest absolute Gasteiger partial charge is 0.494 e. The van der Waals surface area contributed by atoms with Gasteiger partial charge in [0.1, 0.15) is 61.1 Å². The number of aliphatic imine (C=N–C) groups is 2. The fourth-order valence-electron chi connectivity index (χ4n) is 16.3. The Kier molecular flexibility index (Phi) is 30.5. The van der Waals surface area contributed by atoms with Crippen molar-refractivity contribution in [3.63, 3.8) is 0 Å². The number of nitrogens with one attached hydrogen (secondary N) is 7. The molecule has 2 unspecified atom stereocenters. The van der Waals surface area contributed by atoms with E-state index in [1.807, 2.05) is 123 Å². The zero-order valence-electron chi connectivity index (χ0n) is 72.8. The van der Waals surface area contributed by atoms with Crippen LogP contribution in [0.1, 0.15) is 57.9 Å². The second-order valence-electron chi connectivity index (χ2n) is 33.9. The molecule has 2 atom stereocenters. The van der Waals surface area contributed by atoms with Gasteiger partial charge in [-0.1, -0.05) is 48.0 Å². The van der Waals surface area contributed by atoms with E-state index in [0.29, 0.717) is 58.0 Å². The number of hydrogen-bond donors (Lipinski definition) is 7. The second-order valence-corrected chi connectivity index (χ2v) is 44.4. The first-order valence-electron chi connectivity index (χ1n) is 42.4. The molecule has 8 heterocycles. The van der Waals surface area contributed by atoms with Crippen LogP contribution in [0.4, 0.5) is 79.5 Å². The van der Waals surface area contributed by atoms with Gasteiger partial charge < -0.3 is 89.6 Å². The Morgan fingerprint density at radius 2 is 0.926 bits per heavy atom. The summed E-state index contributed by atoms with van der Waals surface area (Å²) in [7, 11) is -0.230. The summed E-state index contributed by atoms with van der Waals surface area (Å²) in [5.41, 5.74) is 8.90. The zero-order chi connectivity index (χ0) is 86.4. The van der Waals surface area contributed by atoms with Crippen LogP contribution in [0.2, 0.25) is 5.02 Å². The summed E-state index contributed by atoms with van der Waals surface area (Å²) in [4.78, 5) is 59.1. The van der Waals surface area contributed by atoms with Crippen LogP contribution in [0.25, 0.3) is 0 Å². The van der Waals surface area contributed by atoms with E-state index in [9.17, 15) is 18.5 Å². The Morgan fingerprint density at radius 1 is 0.500 bits per heavy atom. The first-order chi connectivity index (χ1) is 58.5. The number of piperazine rings is 3. The molecule has 6 aromatic carbocycles. The number of aromatic nitrogens is 4. The third kappa shape index (κ3) is 24.2. The Balaban J connectivity index is 0.000000158. The van der Waals surface area contributed by atoms with Gasteiger partial charge in [0.25, 0.3) is 0 Å². The highest BCUT2D eigenvalue weighted by molar-refractivity contribution is 7.71. The van der Waals surface area contributed by atoms with Crippen LogP contribution in [-0.2, 0) is 13.7 Å². The topological polar surface area (TPSA) is 282 Å². The van der Waals surface area contributed by atoms with Crippen LogP contribution in [0.3, 0.4) is 0 Å². The summed E-state index contributed by atoms with van der Waals surface area (Å²) in [6.07, 6.45) is 11.8. The maximum Gasteiger partial charge on any atom is 0.317 e. The van der Waals surface area contributed by atoms with E-state index in [1.165, 1.54) is 70.3 Å². The minimum absolute atomic E-state index is 0.0397. The minimum Gasteiger partial charge on any atom is -0.494 e. The number of aryl methyl sites for hydroxylation is 1. The van der Waals surface area contributed by atoms with E-state index in [0.717, 1.165) is 170 Å². The lowest BCUT2D eigenvalue weighted by Gasteiger charge is -2.43. The number of alkyl halides is 1. The number of carbonyl (C=O) groups excluding carboxylic acids is 1. The van der Waals surface area contributed by atoms with E-state index >= 15 is 0 Å². The molecule has 7 N–H and O–H groups in total. The number of likely N-dealkylation sites (N-methyl/N-ethyl adjacent to an activating group) is 1. The summed E-state index contributed by atoms with van der Waals surface area (Å²) in [5, 5.41) is 25.1. The lowest BCUT2D eigenvalue weighted by molar-refractivity contribution is 0.0960. The summed E-state index contributed by atoms with van der Waals surface area (Å²) >= 11 is 13.0. The fraction of sp³-hybridized carbons (Fsp3) is 0.472. The number of piperidine rings is 2. The predicted molar refractivity (Wildman–Crippen MR) is 507 cm³/mol. The number of ether oxygens (including phenoxy) is 3. The highest BCUT2D eigenvalue weighted by atomic mass is 35.5. The molecule has 2 amide bonds. The van der Waals surface area contributed by atoms with Crippen molar-refractivity contribution in [1.82, 2.24) is 49.8 Å². The van der Waals surface area contributed by atoms with Gasteiger partial charge in [-0.05, 0) is 185 Å². The Hall–Kier alpha value is -9.20. The minimum atomic E-state index is -2.52. The average molecular weight is 1760 g/mol. The van der Waals surface area contributed by atoms with E-state index in [2.05, 4.69) is 129 Å². The lowest BCUT2D eigenvalue weighted by Crippen LogP contribution is -2.56. The van der Waals surface area contributed by atoms with Gasteiger partial charge in [0.05, 0.1) is 56.0 Å². The average Bonchev–Trinajstić information content (AvgIpc) is 0.815. The van der Waals surface area contributed by atoms with Crippen molar-refractivity contribution in [1.29, 1.82) is 0 Å². The number of guanidine groups is 1. The predicted octanol–water partition coefficient (Wildman–Crippen LogP) is 14.7. The van der Waals surface area contributed by atoms with Crippen LogP contribution in [0, 0.1) is 12.8 Å². The number of hydrogen-bond acceptors (Lipinski definition) is 26. The van der Waals surface area contributed by atoms with Crippen LogP contribution < -0.4 is 82.0 Å². The Labute approximate surface area is 730 Å². The number of urea groups is 1. The molecule has 7 aliphatic rings. The highest BCUT2D eigenvalue weighted by Crippen LogP contribution is 2.43. The van der Waals surface area contributed by atoms with Gasteiger partial charge >= 0.3 is 6.03 Å². The molecular formula is C89H122Cl2N21O7P3. The van der Waals surface area contributed by atoms with Crippen LogP contribution in [0.15, 0.2) is 150 Å². The van der Waals surface area contributed by atoms with Crippen molar-refractivity contribution < 1.29 is 32.7 Å². The molecule has 0 spiro atoms. The van der Waals surface area contributed by atoms with Gasteiger partial charge in [0.15, 0.2) is 5.82 Å². The van der Waals surface area contributed by atoms with Crippen LogP contribution >= 0.6 is 44.6 Å². The molecule has 15 rings (SSSR count). The molecule has 0 bridgehead atoms. The first kappa shape index (κ1) is 90.5. The van der Waals surface area contributed by atoms with Crippen molar-refractivity contribution in [3.05, 3.63) is 150 Å². The van der Waals surface area contributed by atoms with Crippen molar-refractivity contribution >= 4 is 153 Å². The van der Waals surface area contributed by atoms with Gasteiger partial charge in [0, 0.05) is 204 Å². The Morgan fingerprint density at radius 3 is 1.39 bits per heavy atom. The molecule has 5 saturated heterocycles. The van der Waals surface area contributed by atoms with Crippen molar-refractivity contribution in [3.8, 4) is 17.2 Å². The molecule has 33 heteroatoms. The van der Waals surface area contributed by atoms with Gasteiger partial charge in [-0.15, -0.1) is 11.6 Å². The molecule has 28 nitrogen and oxygen atoms in total. The summed E-state index contributed by atoms with van der Waals surface area (Å²) < 4.78 is 55.7. The maximum absolute atomic E-state index is 12.8. The molecule has 6 fully saturated rings. The zero-order valence-corrected chi connectivity index (χ0v) is 77.0. The molecule has 2 aromatic heterocycles. The number of para-hydroxylation sites is 3. The first-order valence-corrected chi connectivity index (χ1v) is 51.1. The molecule has 8 aromatic rings. The normalized spacial score (nSPS) is 18.7. The van der Waals surface area contributed by atoms with Gasteiger partial charge in [0.2, 0.25) is 17.9 Å². The van der Waals surface area contributed by atoms with Crippen LogP contribution in [-0.4, -0.2) is 272 Å². The molecule has 1 aliphatic carbocycles. The summed E-state index contributed by atoms with van der Waals surface area (Å²) in [5.74, 6) is 5.42. The number of methoxy groups -OCH3 is 3. The van der Waals surface area contributed by atoms with E-state index in [4.69, 9.17) is 47.4 Å². The molecule has 122 heavy (non-hydrogen) atoms. The lowest BCUT2D eigenvalue weighted by atomic mass is 10.0. The highest BCUT2D eigenvalue weighted by Gasteiger charge is 2.34. The number of amides is 2.